The summed E-state index contributed by atoms with van der Waals surface area (Å²) in [7, 11) is 2.61. The Balaban J connectivity index is 1.53. The lowest BCUT2D eigenvalue weighted by Crippen LogP contribution is -2.50. The quantitative estimate of drug-likeness (QED) is 0.684. The first-order valence-corrected chi connectivity index (χ1v) is 10.7. The summed E-state index contributed by atoms with van der Waals surface area (Å²) < 4.78 is 56.3. The maximum absolute atomic E-state index is 13.6. The number of alkyl halides is 3. The maximum atomic E-state index is 13.6. The standard InChI is InChI=1S/C19H22F3N5O4S/c1-29-15-12(16(30-2)24-10-23-15)14(28)26-17-25-13(19(20,21)22)11(32-17)7-27-5-3-18(4-6-27)8-31-9-18/h10H,3-9H2,1-2H3,(H,25,26,28). The molecule has 2 aliphatic rings. The number of rotatable bonds is 6. The number of ether oxygens (including phenoxy) is 3. The zero-order valence-corrected chi connectivity index (χ0v) is 18.3. The van der Waals surface area contributed by atoms with Gasteiger partial charge in [0.2, 0.25) is 11.8 Å². The number of amides is 1. The fourth-order valence-corrected chi connectivity index (χ4v) is 4.84. The largest absolute Gasteiger partial charge is 0.480 e. The first-order valence-electron chi connectivity index (χ1n) is 9.86. The number of halogens is 3. The second-order valence-electron chi connectivity index (χ2n) is 7.78. The van der Waals surface area contributed by atoms with Crippen molar-refractivity contribution in [3.8, 4) is 11.8 Å². The Morgan fingerprint density at radius 3 is 2.34 bits per heavy atom. The molecule has 2 aromatic heterocycles. The van der Waals surface area contributed by atoms with Crippen LogP contribution in [-0.2, 0) is 17.5 Å². The van der Waals surface area contributed by atoms with Gasteiger partial charge in [-0.05, 0) is 25.9 Å². The van der Waals surface area contributed by atoms with Gasteiger partial charge in [-0.25, -0.2) is 15.0 Å². The molecule has 0 unspecified atom stereocenters. The van der Waals surface area contributed by atoms with Crippen LogP contribution in [0.15, 0.2) is 6.33 Å². The molecule has 0 aromatic carbocycles. The number of piperidine rings is 1. The van der Waals surface area contributed by atoms with E-state index in [1.54, 1.807) is 0 Å². The highest BCUT2D eigenvalue weighted by Gasteiger charge is 2.42. The van der Waals surface area contributed by atoms with E-state index in [4.69, 9.17) is 14.2 Å². The van der Waals surface area contributed by atoms with E-state index < -0.39 is 17.8 Å². The summed E-state index contributed by atoms with van der Waals surface area (Å²) >= 11 is 0.798. The number of hydrogen-bond donors (Lipinski definition) is 1. The molecule has 4 heterocycles. The van der Waals surface area contributed by atoms with Gasteiger partial charge in [0.15, 0.2) is 16.4 Å². The number of thiazole rings is 1. The molecule has 2 aliphatic heterocycles. The van der Waals surface area contributed by atoms with E-state index in [0.717, 1.165) is 43.7 Å². The molecule has 1 amide bonds. The van der Waals surface area contributed by atoms with E-state index in [1.165, 1.54) is 14.2 Å². The van der Waals surface area contributed by atoms with Crippen molar-refractivity contribution in [1.82, 2.24) is 19.9 Å². The van der Waals surface area contributed by atoms with E-state index in [9.17, 15) is 18.0 Å². The summed E-state index contributed by atoms with van der Waals surface area (Å²) in [5, 5.41) is 2.23. The monoisotopic (exact) mass is 473 g/mol. The second-order valence-corrected chi connectivity index (χ2v) is 8.86. The average Bonchev–Trinajstić information content (AvgIpc) is 3.15. The number of carbonyl (C=O) groups excluding carboxylic acids is 1. The molecule has 4 rings (SSSR count). The zero-order chi connectivity index (χ0) is 22.9. The smallest absolute Gasteiger partial charge is 0.434 e. The van der Waals surface area contributed by atoms with E-state index in [2.05, 4.69) is 20.3 Å². The van der Waals surface area contributed by atoms with Gasteiger partial charge in [0.05, 0.1) is 32.3 Å². The molecule has 1 N–H and O–H groups in total. The van der Waals surface area contributed by atoms with Crippen molar-refractivity contribution in [1.29, 1.82) is 0 Å². The van der Waals surface area contributed by atoms with Gasteiger partial charge in [-0.15, -0.1) is 0 Å². The summed E-state index contributed by atoms with van der Waals surface area (Å²) in [5.74, 6) is -0.910. The van der Waals surface area contributed by atoms with Crippen LogP contribution in [0.2, 0.25) is 0 Å². The highest BCUT2D eigenvalue weighted by Crippen LogP contribution is 2.41. The molecule has 0 aliphatic carbocycles. The number of hydrogen-bond acceptors (Lipinski definition) is 9. The van der Waals surface area contributed by atoms with Crippen LogP contribution >= 0.6 is 11.3 Å². The lowest BCUT2D eigenvalue weighted by atomic mass is 9.77. The zero-order valence-electron chi connectivity index (χ0n) is 17.5. The third kappa shape index (κ3) is 4.50. The van der Waals surface area contributed by atoms with Crippen molar-refractivity contribution in [2.45, 2.75) is 25.6 Å². The van der Waals surface area contributed by atoms with Crippen molar-refractivity contribution >= 4 is 22.4 Å². The third-order valence-electron chi connectivity index (χ3n) is 5.68. The van der Waals surface area contributed by atoms with Gasteiger partial charge >= 0.3 is 6.18 Å². The summed E-state index contributed by atoms with van der Waals surface area (Å²) in [4.78, 5) is 26.2. The molecule has 1 spiro atoms. The number of methoxy groups -OCH3 is 2. The highest BCUT2D eigenvalue weighted by molar-refractivity contribution is 7.15. The average molecular weight is 473 g/mol. The lowest BCUT2D eigenvalue weighted by Gasteiger charge is -2.47. The Kier molecular flexibility index (Phi) is 6.23. The molecule has 9 nitrogen and oxygen atoms in total. The number of nitrogens with one attached hydrogen (secondary N) is 1. The van der Waals surface area contributed by atoms with Crippen LogP contribution in [-0.4, -0.2) is 66.3 Å². The van der Waals surface area contributed by atoms with Crippen LogP contribution in [0.4, 0.5) is 18.3 Å². The molecule has 0 saturated carbocycles. The van der Waals surface area contributed by atoms with Crippen molar-refractivity contribution in [2.75, 3.05) is 45.8 Å². The Morgan fingerprint density at radius 1 is 1.22 bits per heavy atom. The Bertz CT molecular complexity index is 964. The molecular weight excluding hydrogens is 451 g/mol. The van der Waals surface area contributed by atoms with Crippen molar-refractivity contribution in [2.24, 2.45) is 5.41 Å². The molecule has 32 heavy (non-hydrogen) atoms. The number of anilines is 1. The van der Waals surface area contributed by atoms with Gasteiger partial charge in [0, 0.05) is 12.0 Å². The lowest BCUT2D eigenvalue weighted by molar-refractivity contribution is -0.144. The molecule has 174 valence electrons. The first-order chi connectivity index (χ1) is 15.2. The molecule has 2 fully saturated rings. The molecule has 0 radical (unpaired) electrons. The minimum Gasteiger partial charge on any atom is -0.480 e. The predicted molar refractivity (Wildman–Crippen MR) is 108 cm³/mol. The minimum atomic E-state index is -4.64. The molecule has 0 bridgehead atoms. The van der Waals surface area contributed by atoms with Crippen molar-refractivity contribution < 1.29 is 32.2 Å². The van der Waals surface area contributed by atoms with Crippen LogP contribution in [0.5, 0.6) is 11.8 Å². The Labute approximate surface area is 185 Å². The SMILES string of the molecule is COc1ncnc(OC)c1C(=O)Nc1nc(C(F)(F)F)c(CN2CCC3(CC2)COC3)s1. The van der Waals surface area contributed by atoms with Gasteiger partial charge in [-0.3, -0.25) is 15.0 Å². The third-order valence-corrected chi connectivity index (χ3v) is 6.63. The Hall–Kier alpha value is -2.51. The second kappa shape index (κ2) is 8.79. The van der Waals surface area contributed by atoms with Gasteiger partial charge in [0.1, 0.15) is 6.33 Å². The van der Waals surface area contributed by atoms with Crippen LogP contribution in [0, 0.1) is 5.41 Å². The van der Waals surface area contributed by atoms with Crippen LogP contribution in [0.1, 0.15) is 33.8 Å². The van der Waals surface area contributed by atoms with Crippen LogP contribution < -0.4 is 14.8 Å². The number of likely N-dealkylation sites (tertiary alicyclic amines) is 1. The molecule has 0 atom stereocenters. The molecular formula is C19H22F3N5O4S. The van der Waals surface area contributed by atoms with Crippen molar-refractivity contribution in [3.63, 3.8) is 0 Å². The number of nitrogens with zero attached hydrogens (tertiary/aromatic N) is 4. The predicted octanol–water partition coefficient (Wildman–Crippen LogP) is 2.83. The van der Waals surface area contributed by atoms with E-state index in [1.807, 2.05) is 4.90 Å². The van der Waals surface area contributed by atoms with Crippen LogP contribution in [0.25, 0.3) is 0 Å². The van der Waals surface area contributed by atoms with E-state index in [-0.39, 0.29) is 39.3 Å². The van der Waals surface area contributed by atoms with Gasteiger partial charge in [0.25, 0.3) is 5.91 Å². The fourth-order valence-electron chi connectivity index (χ4n) is 3.82. The topological polar surface area (TPSA) is 98.7 Å². The molecule has 13 heteroatoms. The Morgan fingerprint density at radius 2 is 1.84 bits per heavy atom. The van der Waals surface area contributed by atoms with Crippen molar-refractivity contribution in [3.05, 3.63) is 22.5 Å². The number of carbonyl (C=O) groups is 1. The highest BCUT2D eigenvalue weighted by atomic mass is 32.1. The van der Waals surface area contributed by atoms with Gasteiger partial charge in [-0.2, -0.15) is 13.2 Å². The minimum absolute atomic E-state index is 0.0526. The maximum Gasteiger partial charge on any atom is 0.434 e. The van der Waals surface area contributed by atoms with Gasteiger partial charge < -0.3 is 14.2 Å². The summed E-state index contributed by atoms with van der Waals surface area (Å²) in [6.07, 6.45) is -1.70. The summed E-state index contributed by atoms with van der Waals surface area (Å²) in [6, 6.07) is 0. The first kappa shape index (κ1) is 22.7. The van der Waals surface area contributed by atoms with Gasteiger partial charge in [-0.1, -0.05) is 11.3 Å². The molecule has 2 aromatic rings. The summed E-state index contributed by atoms with van der Waals surface area (Å²) in [5.41, 5.74) is -0.938. The number of aromatic nitrogens is 3. The van der Waals surface area contributed by atoms with E-state index in [0.29, 0.717) is 13.1 Å². The normalized spacial score (nSPS) is 18.3. The fraction of sp³-hybridized carbons (Fsp3) is 0.579. The van der Waals surface area contributed by atoms with E-state index >= 15 is 0 Å². The molecule has 2 saturated heterocycles. The van der Waals surface area contributed by atoms with Crippen LogP contribution in [0.3, 0.4) is 0 Å². The summed E-state index contributed by atoms with van der Waals surface area (Å²) in [6.45, 7) is 2.94.